The van der Waals surface area contributed by atoms with Crippen LogP contribution in [0, 0.1) is 70.8 Å². The summed E-state index contributed by atoms with van der Waals surface area (Å²) in [4.78, 5) is 148. The number of ether oxygens (including phenoxy) is 1. The maximum atomic E-state index is 10.8. The number of rotatable bonds is 35. The summed E-state index contributed by atoms with van der Waals surface area (Å²) in [7, 11) is -7.80. The summed E-state index contributed by atoms with van der Waals surface area (Å²) in [5.41, 5.74) is -2.48. The van der Waals surface area contributed by atoms with Gasteiger partial charge in [0.15, 0.2) is 7.05 Å². The van der Waals surface area contributed by atoms with Crippen molar-refractivity contribution in [2.75, 3.05) is 14.2 Å². The van der Waals surface area contributed by atoms with Gasteiger partial charge in [0.25, 0.3) is 0 Å². The molecule has 0 fully saturated rings. The van der Waals surface area contributed by atoms with Gasteiger partial charge in [-0.3, -0.25) is 80.4 Å². The van der Waals surface area contributed by atoms with Crippen molar-refractivity contribution in [2.45, 2.75) is 189 Å². The number of methoxy groups -OCH3 is 1. The number of carbonyl (C=O) groups excluding carboxylic acids is 7. The van der Waals surface area contributed by atoms with Gasteiger partial charge in [-0.15, -0.1) is 0 Å². The Bertz CT molecular complexity index is 3770. The molecule has 115 heavy (non-hydrogen) atoms. The molecule has 3 aromatic rings. The molecule has 3 aliphatic carbocycles. The summed E-state index contributed by atoms with van der Waals surface area (Å²) in [5, 5.41) is 102. The van der Waals surface area contributed by atoms with Crippen LogP contribution in [0.25, 0.3) is 0 Å². The normalized spacial score (nSPS) is 15.2. The maximum absolute atomic E-state index is 10.8. The average molecular weight is 1700 g/mol. The maximum Gasteiger partial charge on any atom is 1.00 e. The second-order valence-electron chi connectivity index (χ2n) is 23.8. The van der Waals surface area contributed by atoms with Crippen molar-refractivity contribution in [1.29, 1.82) is 0 Å². The molecule has 5 atom stereocenters. The topological polar surface area (TPSA) is 623 Å². The smallest absolute Gasteiger partial charge is 0.746 e. The molecule has 39 nitrogen and oxygen atoms in total. The molecule has 0 heterocycles. The zero-order valence-electron chi connectivity index (χ0n) is 64.1. The van der Waals surface area contributed by atoms with E-state index in [1.165, 1.54) is 41.3 Å². The van der Waals surface area contributed by atoms with Crippen LogP contribution in [0.5, 0.6) is 0 Å². The number of aliphatic hydroxyl groups excluding tert-OH is 2. The fourth-order valence-corrected chi connectivity index (χ4v) is 14.6. The summed E-state index contributed by atoms with van der Waals surface area (Å²) in [5.74, 6) is 0.931. The molecule has 5 unspecified atom stereocenters. The SMILES string of the molecule is C=CC=O.CC=P(c1ccccc1)(c1ccccc1)c1ccccc1.COC(=O)/C=C/C1=CCCC([N+](=O)[O-])C1.C[N+](=O)[O-].O=C(O)/C=C/C1=CCCC([N+](=O)[O-])C1.O=CC1=CCCC([N+](=O)[O-])C1.O=CCCC(CCC=O)[N+](=O)[O-].O=CCCC(CCC=O)[N+](=O)[O-].O=[N+]([O-])C(CCC(O)S(=O)(=O)[O-])CCC(O)S(=O)(=O)[O-].[Na+].[Na+]. The first-order valence-corrected chi connectivity index (χ1v) is 39.1. The van der Waals surface area contributed by atoms with Crippen LogP contribution < -0.4 is 75.0 Å². The number of aldehydes is 6. The molecule has 0 amide bonds. The zero-order valence-corrected chi connectivity index (χ0v) is 70.6. The third-order valence-corrected chi connectivity index (χ3v) is 21.7. The number of hydrogen-bond acceptors (Lipinski definition) is 31. The number of carboxylic acid groups (broad SMARTS) is 1. The van der Waals surface area contributed by atoms with Crippen molar-refractivity contribution in [3.8, 4) is 0 Å². The molecule has 624 valence electrons. The first kappa shape index (κ1) is 114. The van der Waals surface area contributed by atoms with E-state index in [1.54, 1.807) is 12.2 Å². The van der Waals surface area contributed by atoms with Crippen molar-refractivity contribution in [1.82, 2.24) is 0 Å². The van der Waals surface area contributed by atoms with Crippen molar-refractivity contribution in [2.24, 2.45) is 0 Å². The molecule has 0 saturated carbocycles. The van der Waals surface area contributed by atoms with E-state index in [-0.39, 0.29) is 125 Å². The van der Waals surface area contributed by atoms with Crippen LogP contribution in [0.15, 0.2) is 163 Å². The van der Waals surface area contributed by atoms with Gasteiger partial charge < -0.3 is 48.3 Å². The van der Waals surface area contributed by atoms with Crippen molar-refractivity contribution < 1.29 is 178 Å². The Balaban J connectivity index is -0.000000406. The van der Waals surface area contributed by atoms with Gasteiger partial charge in [0.1, 0.15) is 68.8 Å². The second kappa shape index (κ2) is 67.1. The Morgan fingerprint density at radius 2 is 0.774 bits per heavy atom. The van der Waals surface area contributed by atoms with E-state index in [9.17, 15) is 120 Å². The number of allylic oxidation sites excluding steroid dienone is 6. The van der Waals surface area contributed by atoms with Crippen molar-refractivity contribution >= 4 is 98.5 Å². The zero-order chi connectivity index (χ0) is 86.5. The second-order valence-corrected chi connectivity index (χ2v) is 30.4. The molecule has 3 aromatic carbocycles. The van der Waals surface area contributed by atoms with Crippen molar-refractivity contribution in [3.05, 3.63) is 234 Å². The first-order chi connectivity index (χ1) is 53.3. The molecule has 3 aliphatic rings. The third-order valence-electron chi connectivity index (χ3n) is 15.8. The number of hydrogen-bond donors (Lipinski definition) is 3. The van der Waals surface area contributed by atoms with E-state index in [4.69, 9.17) is 30.2 Å². The number of nitrogens with zero attached hydrogens (tertiary/aromatic N) is 7. The molecule has 44 heteroatoms. The molecule has 0 bridgehead atoms. The Hall–Kier alpha value is -9.10. The van der Waals surface area contributed by atoms with E-state index in [1.807, 2.05) is 12.2 Å². The predicted octanol–water partition coefficient (Wildman–Crippen LogP) is 0.969. The van der Waals surface area contributed by atoms with Gasteiger partial charge >= 0.3 is 71.1 Å². The van der Waals surface area contributed by atoms with E-state index < -0.39 is 132 Å². The Kier molecular flexibility index (Phi) is 66.8. The fourth-order valence-electron chi connectivity index (χ4n) is 10.0. The Labute approximate surface area is 708 Å². The first-order valence-electron chi connectivity index (χ1n) is 34.3. The summed E-state index contributed by atoms with van der Waals surface area (Å²) >= 11 is 0. The minimum atomic E-state index is -4.99. The van der Waals surface area contributed by atoms with Gasteiger partial charge in [-0.25, -0.2) is 26.4 Å². The number of nitro groups is 7. The van der Waals surface area contributed by atoms with Crippen LogP contribution in [-0.2, 0) is 63.3 Å². The predicted molar refractivity (Wildman–Crippen MR) is 412 cm³/mol. The summed E-state index contributed by atoms with van der Waals surface area (Å²) in [6, 6.07) is 28.0. The molecular formula is C71H94N7Na2O32PS2. The van der Waals surface area contributed by atoms with Gasteiger partial charge in [-0.1, -0.05) is 134 Å². The van der Waals surface area contributed by atoms with Crippen LogP contribution in [0.2, 0.25) is 0 Å². The molecule has 0 spiro atoms. The molecular weight excluding hydrogens is 1600 g/mol. The number of aliphatic carboxylic acids is 1. The minimum absolute atomic E-state index is 0. The van der Waals surface area contributed by atoms with Gasteiger partial charge in [-0.2, -0.15) is 0 Å². The molecule has 0 aliphatic heterocycles. The van der Waals surface area contributed by atoms with E-state index >= 15 is 0 Å². The van der Waals surface area contributed by atoms with Crippen LogP contribution in [0.1, 0.15) is 142 Å². The third kappa shape index (κ3) is 54.4. The van der Waals surface area contributed by atoms with Gasteiger partial charge in [0.2, 0.25) is 36.3 Å². The van der Waals surface area contributed by atoms with Crippen molar-refractivity contribution in [3.63, 3.8) is 0 Å². The molecule has 6 rings (SSSR count). The fraction of sp³-hybridized carbons (Fsp3) is 0.451. The van der Waals surface area contributed by atoms with Crippen LogP contribution in [-0.4, -0.2) is 192 Å². The number of carboxylic acids is 1. The summed E-state index contributed by atoms with van der Waals surface area (Å²) < 4.78 is 66.7. The summed E-state index contributed by atoms with van der Waals surface area (Å²) in [6.45, 7) is 3.65. The summed E-state index contributed by atoms with van der Waals surface area (Å²) in [6.07, 6.45) is 19.8. The van der Waals surface area contributed by atoms with Gasteiger partial charge in [-0.05, 0) is 84.6 Å². The van der Waals surface area contributed by atoms with Gasteiger partial charge in [0.05, 0.1) is 7.11 Å². The number of carbonyl (C=O) groups is 8. The monoisotopic (exact) mass is 1700 g/mol. The molecule has 0 saturated heterocycles. The average Bonchev–Trinajstić information content (AvgIpc) is 0.761. The van der Waals surface area contributed by atoms with Crippen LogP contribution in [0.4, 0.5) is 0 Å². The molecule has 3 N–H and O–H groups in total. The quantitative estimate of drug-likeness (QED) is 0.0108. The number of esters is 1. The Morgan fingerprint density at radius 1 is 0.504 bits per heavy atom. The van der Waals surface area contributed by atoms with E-state index in [0.717, 1.165) is 24.3 Å². The number of benzene rings is 3. The Morgan fingerprint density at radius 3 is 1.00 bits per heavy atom. The standard InChI is InChI=1S/C20H19P.C10H13NO4.C9H11NO4.C7H15NO10S2.2C7H11NO4.C7H9NO3.C3H4O.CH3NO2.2Na/c1-2-21(18-12-6-3-7-13-18,19-14-8-4-9-15-19)20-16-10-5-11-17-20;1-15-10(12)6-5-8-3-2-4-9(7-8)11(13)14;11-9(12)5-4-7-2-1-3-8(6-7)10(13)14;9-6(19(13,14)15)3-1-5(8(11)12)2-4-7(10)20(16,17)18;2*9-5-1-3-7(8(11)12)4-2-6-10;9-5-6-2-1-3-7(4-6)8(10)11;1-2-3-4;1-2(3)4;;/h2-17H,1H3;3,5-6,9H,2,4,7H2,1H3;2,4-5,8H,1,3,6H2,(H,11,12);5-7,9-10H,1-4H2,(H,13,14,15)(H,16,17,18);2*5-7H,1-4H2;2,5,7H,1,3-4H2;2-3H,1H2;1H3;;/q;;;;;;;;;2*+1/p-2/b;6-5+;5-4+;;;;;;;;. The minimum Gasteiger partial charge on any atom is -0.746 e. The van der Waals surface area contributed by atoms with Crippen LogP contribution >= 0.6 is 6.89 Å². The van der Waals surface area contributed by atoms with E-state index in [0.29, 0.717) is 101 Å². The van der Waals surface area contributed by atoms with E-state index in [2.05, 4.69) is 115 Å². The molecule has 0 radical (unpaired) electrons. The van der Waals surface area contributed by atoms with Gasteiger partial charge in [0, 0.05) is 149 Å². The number of aliphatic hydroxyl groups is 2. The largest absolute Gasteiger partial charge is 1.00 e. The molecule has 0 aromatic heterocycles. The van der Waals surface area contributed by atoms with Crippen LogP contribution in [0.3, 0.4) is 0 Å².